The number of piperazine rings is 1. The van der Waals surface area contributed by atoms with Crippen molar-refractivity contribution >= 4 is 5.91 Å². The predicted molar refractivity (Wildman–Crippen MR) is 88.6 cm³/mol. The summed E-state index contributed by atoms with van der Waals surface area (Å²) < 4.78 is 0. The number of nitrogens with zero attached hydrogens (tertiary/aromatic N) is 2. The van der Waals surface area contributed by atoms with Gasteiger partial charge in [-0.25, -0.2) is 0 Å². The van der Waals surface area contributed by atoms with Crippen molar-refractivity contribution in [3.63, 3.8) is 0 Å². The smallest absolute Gasteiger partial charge is 0.223 e. The Labute approximate surface area is 133 Å². The summed E-state index contributed by atoms with van der Waals surface area (Å²) in [6.07, 6.45) is 3.37. The maximum absolute atomic E-state index is 11.9. The van der Waals surface area contributed by atoms with Gasteiger partial charge >= 0.3 is 0 Å². The standard InChI is InChI=1S/C18H27N3O/c1-20-12-13-21(11-10-19-18(22)16-8-5-9-16)17(14-20)15-6-3-2-4-7-15/h2-4,6-7,16-17H,5,8-14H2,1H3,(H,19,22)/t17-/m0/s1. The van der Waals surface area contributed by atoms with Crippen LogP contribution in [-0.4, -0.2) is 55.5 Å². The number of carbonyl (C=O) groups excluding carboxylic acids is 1. The molecule has 1 aromatic rings. The average Bonchev–Trinajstić information content (AvgIpc) is 2.48. The molecule has 1 saturated heterocycles. The summed E-state index contributed by atoms with van der Waals surface area (Å²) in [5.74, 6) is 0.550. The first-order chi connectivity index (χ1) is 10.7. The van der Waals surface area contributed by atoms with Gasteiger partial charge in [-0.15, -0.1) is 0 Å². The summed E-state index contributed by atoms with van der Waals surface area (Å²) in [7, 11) is 2.19. The number of benzene rings is 1. The number of carbonyl (C=O) groups is 1. The fraction of sp³-hybridized carbons (Fsp3) is 0.611. The highest BCUT2D eigenvalue weighted by atomic mass is 16.1. The molecule has 0 bridgehead atoms. The Morgan fingerprint density at radius 1 is 1.23 bits per heavy atom. The summed E-state index contributed by atoms with van der Waals surface area (Å²) in [5, 5.41) is 3.12. The molecule has 1 aliphatic carbocycles. The van der Waals surface area contributed by atoms with E-state index in [0.717, 1.165) is 45.6 Å². The molecule has 22 heavy (non-hydrogen) atoms. The second kappa shape index (κ2) is 7.25. The lowest BCUT2D eigenvalue weighted by atomic mass is 9.85. The molecule has 4 nitrogen and oxygen atoms in total. The van der Waals surface area contributed by atoms with Gasteiger partial charge in [0.05, 0.1) is 0 Å². The van der Waals surface area contributed by atoms with E-state index in [2.05, 4.69) is 52.5 Å². The third-order valence-corrected chi connectivity index (χ3v) is 5.05. The molecule has 1 aliphatic heterocycles. The molecule has 2 aliphatic rings. The topological polar surface area (TPSA) is 35.6 Å². The summed E-state index contributed by atoms with van der Waals surface area (Å²) in [6, 6.07) is 11.1. The second-order valence-corrected chi connectivity index (χ2v) is 6.64. The monoisotopic (exact) mass is 301 g/mol. The van der Waals surface area contributed by atoms with E-state index in [4.69, 9.17) is 0 Å². The molecule has 2 fully saturated rings. The molecule has 4 heteroatoms. The van der Waals surface area contributed by atoms with Crippen LogP contribution in [0.1, 0.15) is 30.9 Å². The van der Waals surface area contributed by atoms with Gasteiger partial charge in [-0.3, -0.25) is 9.69 Å². The first-order valence-electron chi connectivity index (χ1n) is 8.49. The molecule has 1 saturated carbocycles. The molecule has 1 aromatic carbocycles. The number of likely N-dealkylation sites (N-methyl/N-ethyl adjacent to an activating group) is 1. The van der Waals surface area contributed by atoms with Gasteiger partial charge in [-0.2, -0.15) is 0 Å². The van der Waals surface area contributed by atoms with Crippen LogP contribution in [0, 0.1) is 5.92 Å². The molecule has 3 rings (SSSR count). The van der Waals surface area contributed by atoms with E-state index in [1.807, 2.05) is 0 Å². The SMILES string of the molecule is CN1CCN(CCNC(=O)C2CCC2)[C@H](c2ccccc2)C1. The van der Waals surface area contributed by atoms with Crippen molar-refractivity contribution in [2.45, 2.75) is 25.3 Å². The fourth-order valence-corrected chi connectivity index (χ4v) is 3.35. The van der Waals surface area contributed by atoms with Gasteiger partial charge in [0.15, 0.2) is 0 Å². The Morgan fingerprint density at radius 2 is 2.00 bits per heavy atom. The zero-order chi connectivity index (χ0) is 15.4. The van der Waals surface area contributed by atoms with E-state index in [9.17, 15) is 4.79 Å². The molecule has 1 N–H and O–H groups in total. The van der Waals surface area contributed by atoms with Gasteiger partial charge in [0.1, 0.15) is 0 Å². The van der Waals surface area contributed by atoms with Crippen LogP contribution in [0.15, 0.2) is 30.3 Å². The third kappa shape index (κ3) is 3.68. The Balaban J connectivity index is 1.54. The van der Waals surface area contributed by atoms with Gasteiger partial charge < -0.3 is 10.2 Å². The van der Waals surface area contributed by atoms with Gasteiger partial charge in [-0.1, -0.05) is 36.8 Å². The van der Waals surface area contributed by atoms with Gasteiger partial charge in [0.2, 0.25) is 5.91 Å². The van der Waals surface area contributed by atoms with E-state index in [-0.39, 0.29) is 11.8 Å². The van der Waals surface area contributed by atoms with Crippen molar-refractivity contribution < 1.29 is 4.79 Å². The minimum absolute atomic E-state index is 0.261. The third-order valence-electron chi connectivity index (χ3n) is 5.05. The summed E-state index contributed by atoms with van der Waals surface area (Å²) in [6.45, 7) is 4.92. The first-order valence-corrected chi connectivity index (χ1v) is 8.49. The molecule has 1 atom stereocenters. The molecule has 0 aromatic heterocycles. The Kier molecular flexibility index (Phi) is 5.11. The van der Waals surface area contributed by atoms with Crippen molar-refractivity contribution in [2.75, 3.05) is 39.8 Å². The Bertz CT molecular complexity index is 486. The number of nitrogens with one attached hydrogen (secondary N) is 1. The highest BCUT2D eigenvalue weighted by molar-refractivity contribution is 5.79. The molecule has 1 heterocycles. The quantitative estimate of drug-likeness (QED) is 0.902. The molecule has 1 amide bonds. The van der Waals surface area contributed by atoms with Crippen LogP contribution in [0.2, 0.25) is 0 Å². The highest BCUT2D eigenvalue weighted by Crippen LogP contribution is 2.26. The highest BCUT2D eigenvalue weighted by Gasteiger charge is 2.27. The average molecular weight is 301 g/mol. The molecule has 120 valence electrons. The van der Waals surface area contributed by atoms with E-state index in [0.29, 0.717) is 6.04 Å². The number of hydrogen-bond donors (Lipinski definition) is 1. The van der Waals surface area contributed by atoms with Crippen LogP contribution >= 0.6 is 0 Å². The Morgan fingerprint density at radius 3 is 2.68 bits per heavy atom. The van der Waals surface area contributed by atoms with Gasteiger partial charge in [0.25, 0.3) is 0 Å². The predicted octanol–water partition coefficient (Wildman–Crippen LogP) is 1.89. The lowest BCUT2D eigenvalue weighted by Crippen LogP contribution is -2.49. The minimum atomic E-state index is 0.261. The lowest BCUT2D eigenvalue weighted by molar-refractivity contribution is -0.127. The maximum atomic E-state index is 11.9. The van der Waals surface area contributed by atoms with E-state index in [1.54, 1.807) is 0 Å². The van der Waals surface area contributed by atoms with Crippen molar-refractivity contribution in [3.8, 4) is 0 Å². The molecule has 0 spiro atoms. The molecular formula is C18H27N3O. The minimum Gasteiger partial charge on any atom is -0.355 e. The normalized spacial score (nSPS) is 24.0. The van der Waals surface area contributed by atoms with Crippen LogP contribution in [0.25, 0.3) is 0 Å². The lowest BCUT2D eigenvalue weighted by Gasteiger charge is -2.40. The van der Waals surface area contributed by atoms with Crippen LogP contribution in [0.4, 0.5) is 0 Å². The van der Waals surface area contributed by atoms with E-state index in [1.165, 1.54) is 12.0 Å². The number of rotatable bonds is 5. The van der Waals surface area contributed by atoms with Crippen LogP contribution in [-0.2, 0) is 4.79 Å². The van der Waals surface area contributed by atoms with Crippen molar-refractivity contribution in [1.82, 2.24) is 15.1 Å². The van der Waals surface area contributed by atoms with Gasteiger partial charge in [0, 0.05) is 44.7 Å². The molecule has 0 radical (unpaired) electrons. The molecule has 0 unspecified atom stereocenters. The van der Waals surface area contributed by atoms with Crippen LogP contribution in [0.5, 0.6) is 0 Å². The Hall–Kier alpha value is -1.39. The zero-order valence-electron chi connectivity index (χ0n) is 13.5. The summed E-state index contributed by atoms with van der Waals surface area (Å²) in [5.41, 5.74) is 1.37. The van der Waals surface area contributed by atoms with Crippen molar-refractivity contribution in [2.24, 2.45) is 5.92 Å². The summed E-state index contributed by atoms with van der Waals surface area (Å²) in [4.78, 5) is 16.8. The second-order valence-electron chi connectivity index (χ2n) is 6.64. The first kappa shape index (κ1) is 15.5. The van der Waals surface area contributed by atoms with Crippen molar-refractivity contribution in [3.05, 3.63) is 35.9 Å². The number of amides is 1. The van der Waals surface area contributed by atoms with Crippen LogP contribution < -0.4 is 5.32 Å². The maximum Gasteiger partial charge on any atom is 0.223 e. The fourth-order valence-electron chi connectivity index (χ4n) is 3.35. The van der Waals surface area contributed by atoms with E-state index >= 15 is 0 Å². The van der Waals surface area contributed by atoms with Crippen molar-refractivity contribution in [1.29, 1.82) is 0 Å². The largest absolute Gasteiger partial charge is 0.355 e. The molecular weight excluding hydrogens is 274 g/mol. The van der Waals surface area contributed by atoms with Crippen LogP contribution in [0.3, 0.4) is 0 Å². The zero-order valence-corrected chi connectivity index (χ0v) is 13.5. The van der Waals surface area contributed by atoms with Gasteiger partial charge in [-0.05, 0) is 25.5 Å². The van der Waals surface area contributed by atoms with E-state index < -0.39 is 0 Å². The summed E-state index contributed by atoms with van der Waals surface area (Å²) >= 11 is 0. The number of hydrogen-bond acceptors (Lipinski definition) is 3.